The molecule has 0 atom stereocenters. The van der Waals surface area contributed by atoms with E-state index in [4.69, 9.17) is 31.7 Å². The largest absolute Gasteiger partial charge is 0.370 e. The lowest BCUT2D eigenvalue weighted by atomic mass is 10.2. The summed E-state index contributed by atoms with van der Waals surface area (Å²) in [6, 6.07) is 8.70. The first-order valence-electron chi connectivity index (χ1n) is 3.90. The third kappa shape index (κ3) is 6.67. The zero-order valence-corrected chi connectivity index (χ0v) is 8.04. The summed E-state index contributed by atoms with van der Waals surface area (Å²) in [6.07, 6.45) is 0. The number of guanidine groups is 1. The zero-order valence-electron chi connectivity index (χ0n) is 8.04. The van der Waals surface area contributed by atoms with E-state index in [1.165, 1.54) is 0 Å². The van der Waals surface area contributed by atoms with E-state index >= 15 is 0 Å². The number of anilines is 1. The number of benzene rings is 1. The molecule has 5 N–H and O–H groups in total. The summed E-state index contributed by atoms with van der Waals surface area (Å²) in [4.78, 5) is 8.36. The summed E-state index contributed by atoms with van der Waals surface area (Å²) in [5, 5.41) is 31.7. The minimum atomic E-state index is -1.50. The normalized spacial score (nSPS) is 7.94. The molecule has 8 nitrogen and oxygen atoms in total. The summed E-state index contributed by atoms with van der Waals surface area (Å²) in [5.74, 6) is -0.111. The van der Waals surface area contributed by atoms with Gasteiger partial charge in [-0.3, -0.25) is 5.41 Å². The van der Waals surface area contributed by atoms with Gasteiger partial charge in [0.05, 0.1) is 11.6 Å². The molecule has 0 spiro atoms. The second kappa shape index (κ2) is 6.61. The van der Waals surface area contributed by atoms with Crippen LogP contribution in [0.2, 0.25) is 0 Å². The van der Waals surface area contributed by atoms with Crippen LogP contribution in [0.1, 0.15) is 5.56 Å². The van der Waals surface area contributed by atoms with Gasteiger partial charge in [0.15, 0.2) is 5.96 Å². The van der Waals surface area contributed by atoms with Crippen molar-refractivity contribution < 1.29 is 10.3 Å². The van der Waals surface area contributed by atoms with Crippen molar-refractivity contribution in [2.45, 2.75) is 0 Å². The molecule has 8 heteroatoms. The highest BCUT2D eigenvalue weighted by Crippen LogP contribution is 2.07. The molecule has 1 aromatic carbocycles. The minimum Gasteiger partial charge on any atom is -0.370 e. The molecule has 0 aliphatic carbocycles. The Bertz CT molecular complexity index is 405. The fourth-order valence-electron chi connectivity index (χ4n) is 0.784. The molecule has 1 aromatic rings. The molecule has 0 amide bonds. The van der Waals surface area contributed by atoms with E-state index in [1.807, 2.05) is 6.07 Å². The van der Waals surface area contributed by atoms with Crippen LogP contribution in [0.25, 0.3) is 0 Å². The number of nitrogens with one attached hydrogen (secondary N) is 2. The van der Waals surface area contributed by atoms with Crippen LogP contribution in [0.4, 0.5) is 5.69 Å². The van der Waals surface area contributed by atoms with Crippen LogP contribution in [-0.2, 0) is 0 Å². The molecule has 0 radical (unpaired) electrons. The topological polar surface area (TPSA) is 149 Å². The van der Waals surface area contributed by atoms with Crippen molar-refractivity contribution in [1.29, 1.82) is 10.7 Å². The van der Waals surface area contributed by atoms with Crippen LogP contribution >= 0.6 is 0 Å². The highest BCUT2D eigenvalue weighted by Gasteiger charge is 1.92. The Morgan fingerprint density at radius 2 is 2.00 bits per heavy atom. The Labute approximate surface area is 90.5 Å². The standard InChI is InChI=1S/C8H8N4.HNO3/c9-5-6-1-3-7(4-2-6)12-8(10)11;2-1(3)4/h1-4H,(H4,10,11,12);(H,2,3,4). The van der Waals surface area contributed by atoms with Crippen LogP contribution in [0.15, 0.2) is 24.3 Å². The predicted octanol–water partition coefficient (Wildman–Crippen LogP) is 0.516. The van der Waals surface area contributed by atoms with Crippen molar-refractivity contribution >= 4 is 11.6 Å². The van der Waals surface area contributed by atoms with Gasteiger partial charge in [0.1, 0.15) is 0 Å². The van der Waals surface area contributed by atoms with E-state index in [2.05, 4.69) is 5.32 Å². The molecule has 0 saturated heterocycles. The summed E-state index contributed by atoms with van der Waals surface area (Å²) >= 11 is 0. The Hall–Kier alpha value is -2.82. The van der Waals surface area contributed by atoms with E-state index in [1.54, 1.807) is 24.3 Å². The molecule has 1 rings (SSSR count). The molecular formula is C8H9N5O3. The summed E-state index contributed by atoms with van der Waals surface area (Å²) in [6.45, 7) is 0. The number of hydrogen-bond acceptors (Lipinski definition) is 4. The van der Waals surface area contributed by atoms with Gasteiger partial charge in [0.25, 0.3) is 5.09 Å². The Balaban J connectivity index is 0.000000487. The van der Waals surface area contributed by atoms with E-state index in [-0.39, 0.29) is 5.96 Å². The molecule has 0 saturated carbocycles. The van der Waals surface area contributed by atoms with Gasteiger partial charge >= 0.3 is 0 Å². The number of nitrogens with two attached hydrogens (primary N) is 1. The van der Waals surface area contributed by atoms with E-state index in [0.717, 1.165) is 0 Å². The van der Waals surface area contributed by atoms with Crippen molar-refractivity contribution in [1.82, 2.24) is 0 Å². The molecular weight excluding hydrogens is 214 g/mol. The lowest BCUT2D eigenvalue weighted by molar-refractivity contribution is -0.742. The highest BCUT2D eigenvalue weighted by molar-refractivity contribution is 5.89. The van der Waals surface area contributed by atoms with Crippen molar-refractivity contribution in [3.05, 3.63) is 39.9 Å². The van der Waals surface area contributed by atoms with Gasteiger partial charge in [-0.1, -0.05) is 0 Å². The van der Waals surface area contributed by atoms with E-state index in [0.29, 0.717) is 11.3 Å². The monoisotopic (exact) mass is 223 g/mol. The molecule has 0 fully saturated rings. The highest BCUT2D eigenvalue weighted by atomic mass is 16.9. The van der Waals surface area contributed by atoms with Crippen LogP contribution in [0, 0.1) is 26.9 Å². The first kappa shape index (κ1) is 13.2. The van der Waals surface area contributed by atoms with Gasteiger partial charge in [-0.05, 0) is 24.3 Å². The van der Waals surface area contributed by atoms with Gasteiger partial charge in [0, 0.05) is 5.69 Å². The van der Waals surface area contributed by atoms with Crippen molar-refractivity contribution in [2.75, 3.05) is 5.32 Å². The van der Waals surface area contributed by atoms with Gasteiger partial charge in [-0.15, -0.1) is 10.1 Å². The molecule has 0 aliphatic heterocycles. The quantitative estimate of drug-likeness (QED) is 0.236. The summed E-state index contributed by atoms with van der Waals surface area (Å²) in [7, 11) is 0. The number of nitriles is 1. The fourth-order valence-corrected chi connectivity index (χ4v) is 0.784. The Kier molecular flexibility index (Phi) is 5.44. The van der Waals surface area contributed by atoms with Crippen LogP contribution in [0.3, 0.4) is 0 Å². The zero-order chi connectivity index (χ0) is 12.6. The van der Waals surface area contributed by atoms with Gasteiger partial charge < -0.3 is 16.3 Å². The number of hydrogen-bond donors (Lipinski definition) is 4. The number of nitrogens with zero attached hydrogens (tertiary/aromatic N) is 2. The maximum atomic E-state index is 8.47. The van der Waals surface area contributed by atoms with E-state index < -0.39 is 5.09 Å². The van der Waals surface area contributed by atoms with E-state index in [9.17, 15) is 0 Å². The average molecular weight is 223 g/mol. The Morgan fingerprint density at radius 3 is 2.31 bits per heavy atom. The van der Waals surface area contributed by atoms with Gasteiger partial charge in [-0.2, -0.15) is 5.26 Å². The van der Waals surface area contributed by atoms with Crippen molar-refractivity contribution in [3.63, 3.8) is 0 Å². The first-order chi connectivity index (χ1) is 7.45. The van der Waals surface area contributed by atoms with Crippen LogP contribution in [-0.4, -0.2) is 16.3 Å². The maximum absolute atomic E-state index is 8.47. The average Bonchev–Trinajstić information content (AvgIpc) is 2.17. The maximum Gasteiger partial charge on any atom is 0.291 e. The fraction of sp³-hybridized carbons (Fsp3) is 0. The smallest absolute Gasteiger partial charge is 0.291 e. The second-order valence-corrected chi connectivity index (χ2v) is 2.47. The van der Waals surface area contributed by atoms with Crippen molar-refractivity contribution in [2.24, 2.45) is 5.73 Å². The van der Waals surface area contributed by atoms with Gasteiger partial charge in [0.2, 0.25) is 0 Å². The van der Waals surface area contributed by atoms with Crippen molar-refractivity contribution in [3.8, 4) is 6.07 Å². The third-order valence-corrected chi connectivity index (χ3v) is 1.29. The SMILES string of the molecule is N#Cc1ccc(NC(=N)N)cc1.O=[N+]([O-])O. The van der Waals surface area contributed by atoms with Crippen LogP contribution in [0.5, 0.6) is 0 Å². The summed E-state index contributed by atoms with van der Waals surface area (Å²) < 4.78 is 0. The predicted molar refractivity (Wildman–Crippen MR) is 55.5 cm³/mol. The lowest BCUT2D eigenvalue weighted by Crippen LogP contribution is -2.20. The molecule has 16 heavy (non-hydrogen) atoms. The molecule has 0 unspecified atom stereocenters. The van der Waals surface area contributed by atoms with Gasteiger partial charge in [-0.25, -0.2) is 0 Å². The lowest BCUT2D eigenvalue weighted by Gasteiger charge is -2.01. The minimum absolute atomic E-state index is 0.111. The molecule has 84 valence electrons. The van der Waals surface area contributed by atoms with Crippen LogP contribution < -0.4 is 11.1 Å². The number of rotatable bonds is 1. The second-order valence-electron chi connectivity index (χ2n) is 2.47. The molecule has 0 aromatic heterocycles. The third-order valence-electron chi connectivity index (χ3n) is 1.29. The Morgan fingerprint density at radius 1 is 1.56 bits per heavy atom. The molecule has 0 aliphatic rings. The first-order valence-corrected chi connectivity index (χ1v) is 3.90. The molecule has 0 heterocycles. The molecule has 0 bridgehead atoms. The summed E-state index contributed by atoms with van der Waals surface area (Å²) in [5.41, 5.74) is 6.40.